The lowest BCUT2D eigenvalue weighted by Crippen LogP contribution is -2.09. The van der Waals surface area contributed by atoms with Gasteiger partial charge in [0.1, 0.15) is 5.75 Å². The first-order valence-electron chi connectivity index (χ1n) is 6.08. The summed E-state index contributed by atoms with van der Waals surface area (Å²) >= 11 is 0. The van der Waals surface area contributed by atoms with Crippen molar-refractivity contribution in [1.82, 2.24) is 4.57 Å². The van der Waals surface area contributed by atoms with Crippen LogP contribution in [0.3, 0.4) is 0 Å². The van der Waals surface area contributed by atoms with Crippen molar-refractivity contribution in [3.8, 4) is 5.75 Å². The minimum Gasteiger partial charge on any atom is -0.493 e. The number of hydrogen-bond donors (Lipinski definition) is 0. The second kappa shape index (κ2) is 3.66. The van der Waals surface area contributed by atoms with E-state index >= 15 is 0 Å². The van der Waals surface area contributed by atoms with Crippen LogP contribution in [0.5, 0.6) is 5.75 Å². The smallest absolute Gasteiger partial charge is 0.128 e. The van der Waals surface area contributed by atoms with Crippen molar-refractivity contribution in [3.05, 3.63) is 36.0 Å². The molecule has 2 heteroatoms. The Balaban J connectivity index is 2.42. The molecule has 17 heavy (non-hydrogen) atoms. The Morgan fingerprint density at radius 3 is 3.06 bits per heavy atom. The van der Waals surface area contributed by atoms with Crippen LogP contribution in [0.25, 0.3) is 17.0 Å². The molecule has 1 aliphatic rings. The van der Waals surface area contributed by atoms with Gasteiger partial charge < -0.3 is 9.30 Å². The van der Waals surface area contributed by atoms with Crippen molar-refractivity contribution in [2.45, 2.75) is 13.3 Å². The molecule has 1 aliphatic heterocycles. The van der Waals surface area contributed by atoms with E-state index in [0.29, 0.717) is 5.92 Å². The maximum atomic E-state index is 5.90. The van der Waals surface area contributed by atoms with Crippen LogP contribution < -0.4 is 4.74 Å². The summed E-state index contributed by atoms with van der Waals surface area (Å²) < 4.78 is 8.11. The molecule has 0 saturated heterocycles. The monoisotopic (exact) mass is 227 g/mol. The molecule has 88 valence electrons. The van der Waals surface area contributed by atoms with Crippen molar-refractivity contribution in [1.29, 1.82) is 0 Å². The standard InChI is InChI=1S/C15H17NO/c1-4-12-11-8-10(2)9-17-14-7-5-6-13(15(11)14)16(12)3/h4-7,10H,1,8-9H2,2-3H3. The summed E-state index contributed by atoms with van der Waals surface area (Å²) in [6.07, 6.45) is 3.02. The van der Waals surface area contributed by atoms with E-state index in [9.17, 15) is 0 Å². The largest absolute Gasteiger partial charge is 0.493 e. The second-order valence-corrected chi connectivity index (χ2v) is 4.90. The van der Waals surface area contributed by atoms with Crippen LogP contribution in [0.2, 0.25) is 0 Å². The molecule has 1 aromatic heterocycles. The molecule has 0 aliphatic carbocycles. The lowest BCUT2D eigenvalue weighted by Gasteiger charge is -2.10. The van der Waals surface area contributed by atoms with Gasteiger partial charge >= 0.3 is 0 Å². The molecule has 0 bridgehead atoms. The fourth-order valence-corrected chi connectivity index (χ4v) is 2.79. The van der Waals surface area contributed by atoms with Gasteiger partial charge in [-0.15, -0.1) is 0 Å². The minimum atomic E-state index is 0.548. The van der Waals surface area contributed by atoms with Crippen LogP contribution in [-0.2, 0) is 13.5 Å². The molecule has 0 radical (unpaired) electrons. The van der Waals surface area contributed by atoms with E-state index in [2.05, 4.69) is 43.3 Å². The maximum Gasteiger partial charge on any atom is 0.128 e. The van der Waals surface area contributed by atoms with Gasteiger partial charge in [-0.2, -0.15) is 0 Å². The molecule has 1 atom stereocenters. The van der Waals surface area contributed by atoms with E-state index in [1.165, 1.54) is 22.2 Å². The molecular weight excluding hydrogens is 210 g/mol. The Kier molecular flexibility index (Phi) is 2.25. The van der Waals surface area contributed by atoms with Crippen molar-refractivity contribution in [2.75, 3.05) is 6.61 Å². The van der Waals surface area contributed by atoms with Gasteiger partial charge in [0, 0.05) is 18.1 Å². The molecule has 1 unspecified atom stereocenters. The van der Waals surface area contributed by atoms with Gasteiger partial charge in [-0.3, -0.25) is 0 Å². The summed E-state index contributed by atoms with van der Waals surface area (Å²) in [6, 6.07) is 6.27. The molecule has 0 spiro atoms. The number of aromatic nitrogens is 1. The molecule has 2 heterocycles. The Bertz CT molecular complexity index is 594. The van der Waals surface area contributed by atoms with Crippen molar-refractivity contribution in [2.24, 2.45) is 13.0 Å². The normalized spacial score (nSPS) is 18.8. The molecule has 0 amide bonds. The van der Waals surface area contributed by atoms with Crippen LogP contribution >= 0.6 is 0 Å². The van der Waals surface area contributed by atoms with Gasteiger partial charge in [0.15, 0.2) is 0 Å². The Hall–Kier alpha value is -1.70. The van der Waals surface area contributed by atoms with E-state index < -0.39 is 0 Å². The fraction of sp³-hybridized carbons (Fsp3) is 0.333. The number of benzene rings is 1. The van der Waals surface area contributed by atoms with E-state index in [4.69, 9.17) is 4.74 Å². The Morgan fingerprint density at radius 2 is 2.29 bits per heavy atom. The number of rotatable bonds is 1. The zero-order chi connectivity index (χ0) is 12.0. The highest BCUT2D eigenvalue weighted by Gasteiger charge is 2.22. The predicted molar refractivity (Wildman–Crippen MR) is 71.4 cm³/mol. The topological polar surface area (TPSA) is 14.2 Å². The van der Waals surface area contributed by atoms with Crippen LogP contribution in [0, 0.1) is 5.92 Å². The summed E-state index contributed by atoms with van der Waals surface area (Å²) in [6.45, 7) is 6.98. The third-order valence-corrected chi connectivity index (χ3v) is 3.61. The molecule has 2 aromatic rings. The molecule has 0 N–H and O–H groups in total. The molecule has 0 fully saturated rings. The van der Waals surface area contributed by atoms with Crippen molar-refractivity contribution < 1.29 is 4.74 Å². The van der Waals surface area contributed by atoms with Crippen LogP contribution in [0.1, 0.15) is 18.2 Å². The number of aryl methyl sites for hydroxylation is 1. The highest BCUT2D eigenvalue weighted by Crippen LogP contribution is 2.37. The second-order valence-electron chi connectivity index (χ2n) is 4.90. The summed E-state index contributed by atoms with van der Waals surface area (Å²) in [7, 11) is 2.10. The first-order chi connectivity index (χ1) is 8.22. The highest BCUT2D eigenvalue weighted by molar-refractivity contribution is 5.93. The van der Waals surface area contributed by atoms with E-state index in [0.717, 1.165) is 18.8 Å². The number of nitrogens with zero attached hydrogens (tertiary/aromatic N) is 1. The van der Waals surface area contributed by atoms with Gasteiger partial charge in [-0.1, -0.05) is 19.6 Å². The van der Waals surface area contributed by atoms with Crippen LogP contribution in [0.15, 0.2) is 24.8 Å². The maximum absolute atomic E-state index is 5.90. The van der Waals surface area contributed by atoms with Crippen molar-refractivity contribution >= 4 is 17.0 Å². The van der Waals surface area contributed by atoms with Crippen LogP contribution in [0.4, 0.5) is 0 Å². The van der Waals surface area contributed by atoms with Gasteiger partial charge in [0.25, 0.3) is 0 Å². The fourth-order valence-electron chi connectivity index (χ4n) is 2.79. The van der Waals surface area contributed by atoms with Crippen LogP contribution in [-0.4, -0.2) is 11.2 Å². The average Bonchev–Trinajstić information content (AvgIpc) is 2.49. The molecule has 0 saturated carbocycles. The lowest BCUT2D eigenvalue weighted by molar-refractivity contribution is 0.268. The summed E-state index contributed by atoms with van der Waals surface area (Å²) in [5, 5.41) is 1.27. The van der Waals surface area contributed by atoms with E-state index in [1.54, 1.807) is 0 Å². The predicted octanol–water partition coefficient (Wildman–Crippen LogP) is 3.39. The lowest BCUT2D eigenvalue weighted by atomic mass is 10.00. The summed E-state index contributed by atoms with van der Waals surface area (Å²) in [4.78, 5) is 0. The van der Waals surface area contributed by atoms with Gasteiger partial charge in [-0.05, 0) is 36.1 Å². The quantitative estimate of drug-likeness (QED) is 0.728. The van der Waals surface area contributed by atoms with Gasteiger partial charge in [0.2, 0.25) is 0 Å². The SMILES string of the molecule is C=Cc1c2c3c(cccc3n1C)OCC(C)C2. The van der Waals surface area contributed by atoms with E-state index in [-0.39, 0.29) is 0 Å². The molecule has 1 aromatic carbocycles. The molecule has 2 nitrogen and oxygen atoms in total. The summed E-state index contributed by atoms with van der Waals surface area (Å²) in [5.41, 5.74) is 3.85. The summed E-state index contributed by atoms with van der Waals surface area (Å²) in [5.74, 6) is 1.57. The Morgan fingerprint density at radius 1 is 1.47 bits per heavy atom. The first kappa shape index (κ1) is 10.5. The van der Waals surface area contributed by atoms with E-state index in [1.807, 2.05) is 6.08 Å². The number of ether oxygens (including phenoxy) is 1. The average molecular weight is 227 g/mol. The minimum absolute atomic E-state index is 0.548. The molecule has 3 rings (SSSR count). The third-order valence-electron chi connectivity index (χ3n) is 3.61. The van der Waals surface area contributed by atoms with Crippen molar-refractivity contribution in [3.63, 3.8) is 0 Å². The number of hydrogen-bond acceptors (Lipinski definition) is 1. The first-order valence-corrected chi connectivity index (χ1v) is 6.08. The zero-order valence-corrected chi connectivity index (χ0v) is 10.4. The molecular formula is C15H17NO. The zero-order valence-electron chi connectivity index (χ0n) is 10.4. The van der Waals surface area contributed by atoms with Gasteiger partial charge in [0.05, 0.1) is 12.1 Å². The Labute approximate surface area is 102 Å². The highest BCUT2D eigenvalue weighted by atomic mass is 16.5. The van der Waals surface area contributed by atoms with Gasteiger partial charge in [-0.25, -0.2) is 0 Å². The third kappa shape index (κ3) is 1.40.